The van der Waals surface area contributed by atoms with Crippen molar-refractivity contribution >= 4 is 21.0 Å². The molecule has 126 valence electrons. The van der Waals surface area contributed by atoms with E-state index < -0.39 is 10.0 Å². The molecule has 0 aliphatic carbocycles. The van der Waals surface area contributed by atoms with Crippen LogP contribution >= 0.6 is 0 Å². The Morgan fingerprint density at radius 1 is 1.39 bits per heavy atom. The smallest absolute Gasteiger partial charge is 0.274 e. The maximum Gasteiger partial charge on any atom is 0.274 e. The van der Waals surface area contributed by atoms with Crippen LogP contribution in [-0.4, -0.2) is 52.7 Å². The molecule has 1 aromatic carbocycles. The van der Waals surface area contributed by atoms with Gasteiger partial charge in [-0.3, -0.25) is 4.90 Å². The lowest BCUT2D eigenvalue weighted by atomic mass is 10.2. The monoisotopic (exact) mass is 338 g/mol. The fourth-order valence-corrected chi connectivity index (χ4v) is 4.03. The van der Waals surface area contributed by atoms with E-state index in [4.69, 9.17) is 9.15 Å². The van der Waals surface area contributed by atoms with Crippen molar-refractivity contribution in [3.05, 3.63) is 30.3 Å². The molecule has 0 radical (unpaired) electrons. The van der Waals surface area contributed by atoms with Gasteiger partial charge in [0, 0.05) is 37.7 Å². The van der Waals surface area contributed by atoms with Crippen LogP contribution in [0.25, 0.3) is 11.0 Å². The van der Waals surface area contributed by atoms with Crippen molar-refractivity contribution in [2.24, 2.45) is 0 Å². The van der Waals surface area contributed by atoms with Gasteiger partial charge in [-0.1, -0.05) is 18.2 Å². The van der Waals surface area contributed by atoms with Gasteiger partial charge in [0.05, 0.1) is 6.61 Å². The van der Waals surface area contributed by atoms with Gasteiger partial charge in [0.25, 0.3) is 10.0 Å². The van der Waals surface area contributed by atoms with Crippen molar-refractivity contribution in [3.8, 4) is 0 Å². The maximum absolute atomic E-state index is 12.4. The summed E-state index contributed by atoms with van der Waals surface area (Å²) in [5.74, 6) is 0. The number of benzene rings is 1. The number of para-hydroxylation sites is 1. The minimum absolute atomic E-state index is 0.0276. The predicted molar refractivity (Wildman–Crippen MR) is 87.9 cm³/mol. The number of hydrogen-bond acceptors (Lipinski definition) is 5. The van der Waals surface area contributed by atoms with Gasteiger partial charge in [-0.25, -0.2) is 13.1 Å². The van der Waals surface area contributed by atoms with Gasteiger partial charge in [-0.2, -0.15) is 0 Å². The summed E-state index contributed by atoms with van der Waals surface area (Å²) in [5, 5.41) is 0.760. The molecule has 7 heteroatoms. The molecule has 1 aromatic heterocycles. The summed E-state index contributed by atoms with van der Waals surface area (Å²) in [6.45, 7) is 2.86. The molecule has 0 bridgehead atoms. The Balaban J connectivity index is 1.66. The number of nitrogens with one attached hydrogen (secondary N) is 1. The first-order chi connectivity index (χ1) is 11.1. The Kier molecular flexibility index (Phi) is 5.01. The Morgan fingerprint density at radius 3 is 3.00 bits per heavy atom. The van der Waals surface area contributed by atoms with E-state index in [1.165, 1.54) is 0 Å². The van der Waals surface area contributed by atoms with Gasteiger partial charge in [0.2, 0.25) is 5.09 Å². The first-order valence-corrected chi connectivity index (χ1v) is 9.30. The average Bonchev–Trinajstić information content (AvgIpc) is 3.17. The summed E-state index contributed by atoms with van der Waals surface area (Å²) in [4.78, 5) is 2.27. The molecule has 6 nitrogen and oxygen atoms in total. The lowest BCUT2D eigenvalue weighted by Crippen LogP contribution is -2.41. The Labute approximate surface area is 136 Å². The molecule has 1 saturated heterocycles. The fourth-order valence-electron chi connectivity index (χ4n) is 3.00. The van der Waals surface area contributed by atoms with Crippen LogP contribution < -0.4 is 4.72 Å². The highest BCUT2D eigenvalue weighted by Crippen LogP contribution is 2.23. The summed E-state index contributed by atoms with van der Waals surface area (Å²) < 4.78 is 38.1. The van der Waals surface area contributed by atoms with Crippen LogP contribution in [0.3, 0.4) is 0 Å². The third-order valence-electron chi connectivity index (χ3n) is 4.26. The van der Waals surface area contributed by atoms with Crippen molar-refractivity contribution in [1.29, 1.82) is 0 Å². The van der Waals surface area contributed by atoms with Crippen molar-refractivity contribution in [3.63, 3.8) is 0 Å². The first kappa shape index (κ1) is 16.4. The van der Waals surface area contributed by atoms with Crippen molar-refractivity contribution < 1.29 is 17.6 Å². The highest BCUT2D eigenvalue weighted by atomic mass is 32.2. The molecule has 1 aliphatic rings. The molecule has 0 unspecified atom stereocenters. The highest BCUT2D eigenvalue weighted by Gasteiger charge is 2.27. The van der Waals surface area contributed by atoms with E-state index in [1.54, 1.807) is 19.2 Å². The van der Waals surface area contributed by atoms with Gasteiger partial charge in [0.1, 0.15) is 5.58 Å². The number of nitrogens with zero attached hydrogens (tertiary/aromatic N) is 1. The van der Waals surface area contributed by atoms with Crippen LogP contribution in [0.5, 0.6) is 0 Å². The minimum Gasteiger partial charge on any atom is -0.443 e. The van der Waals surface area contributed by atoms with Gasteiger partial charge in [-0.15, -0.1) is 0 Å². The molecule has 1 N–H and O–H groups in total. The third kappa shape index (κ3) is 3.74. The molecule has 2 heterocycles. The summed E-state index contributed by atoms with van der Waals surface area (Å²) in [7, 11) is -1.95. The third-order valence-corrected chi connectivity index (χ3v) is 5.54. The zero-order chi connectivity index (χ0) is 16.3. The van der Waals surface area contributed by atoms with Crippen LogP contribution in [0.4, 0.5) is 0 Å². The lowest BCUT2D eigenvalue weighted by molar-refractivity contribution is 0.141. The normalized spacial score (nSPS) is 19.6. The molecular formula is C16H22N2O4S. The first-order valence-electron chi connectivity index (χ1n) is 7.81. The van der Waals surface area contributed by atoms with Crippen LogP contribution in [0.2, 0.25) is 0 Å². The number of likely N-dealkylation sites (tertiary alicyclic amines) is 1. The molecule has 1 fully saturated rings. The van der Waals surface area contributed by atoms with E-state index in [-0.39, 0.29) is 11.1 Å². The molecule has 1 atom stereocenters. The quantitative estimate of drug-likeness (QED) is 0.834. The summed E-state index contributed by atoms with van der Waals surface area (Å²) >= 11 is 0. The number of hydrogen-bond donors (Lipinski definition) is 1. The van der Waals surface area contributed by atoms with E-state index in [9.17, 15) is 8.42 Å². The van der Waals surface area contributed by atoms with Gasteiger partial charge in [0.15, 0.2) is 0 Å². The molecule has 0 amide bonds. The Bertz CT molecular complexity index is 723. The van der Waals surface area contributed by atoms with E-state index >= 15 is 0 Å². The summed E-state index contributed by atoms with van der Waals surface area (Å²) in [6.07, 6.45) is 2.08. The Morgan fingerprint density at radius 2 is 2.22 bits per heavy atom. The largest absolute Gasteiger partial charge is 0.443 e. The zero-order valence-corrected chi connectivity index (χ0v) is 14.0. The highest BCUT2D eigenvalue weighted by molar-refractivity contribution is 7.89. The number of ether oxygens (including phenoxy) is 1. The van der Waals surface area contributed by atoms with Crippen LogP contribution in [-0.2, 0) is 14.8 Å². The molecular weight excluding hydrogens is 316 g/mol. The Hall–Kier alpha value is -1.41. The second-order valence-electron chi connectivity index (χ2n) is 5.78. The molecule has 1 aliphatic heterocycles. The second kappa shape index (κ2) is 7.00. The number of fused-ring (bicyclic) bond motifs is 1. The summed E-state index contributed by atoms with van der Waals surface area (Å²) in [5.41, 5.74) is 0.579. The van der Waals surface area contributed by atoms with Crippen molar-refractivity contribution in [2.75, 3.05) is 33.4 Å². The molecule has 0 saturated carbocycles. The second-order valence-corrected chi connectivity index (χ2v) is 7.48. The van der Waals surface area contributed by atoms with E-state index in [0.717, 1.165) is 31.3 Å². The fraction of sp³-hybridized carbons (Fsp3) is 0.500. The summed E-state index contributed by atoms with van der Waals surface area (Å²) in [6, 6.07) is 9.05. The average molecular weight is 338 g/mol. The van der Waals surface area contributed by atoms with E-state index in [0.29, 0.717) is 18.7 Å². The zero-order valence-electron chi connectivity index (χ0n) is 13.2. The topological polar surface area (TPSA) is 71.8 Å². The van der Waals surface area contributed by atoms with Gasteiger partial charge < -0.3 is 9.15 Å². The molecule has 2 aromatic rings. The SMILES string of the molecule is COCCN1CCC[C@@H]1CNS(=O)(=O)c1cc2ccccc2o1. The predicted octanol–water partition coefficient (Wildman–Crippen LogP) is 1.82. The van der Waals surface area contributed by atoms with E-state index in [1.807, 2.05) is 18.2 Å². The van der Waals surface area contributed by atoms with Gasteiger partial charge >= 0.3 is 0 Å². The number of methoxy groups -OCH3 is 1. The maximum atomic E-state index is 12.4. The van der Waals surface area contributed by atoms with E-state index in [2.05, 4.69) is 9.62 Å². The number of furan rings is 1. The molecule has 0 spiro atoms. The number of sulfonamides is 1. The molecule has 23 heavy (non-hydrogen) atoms. The number of rotatable bonds is 7. The van der Waals surface area contributed by atoms with Crippen LogP contribution in [0, 0.1) is 0 Å². The molecule has 3 rings (SSSR count). The van der Waals surface area contributed by atoms with Crippen molar-refractivity contribution in [1.82, 2.24) is 9.62 Å². The van der Waals surface area contributed by atoms with Crippen molar-refractivity contribution in [2.45, 2.75) is 24.0 Å². The van der Waals surface area contributed by atoms with Gasteiger partial charge in [-0.05, 0) is 25.5 Å². The standard InChI is InChI=1S/C16H22N2O4S/c1-21-10-9-18-8-4-6-14(18)12-17-23(19,20)16-11-13-5-2-3-7-15(13)22-16/h2-3,5,7,11,14,17H,4,6,8-10,12H2,1H3/t14-/m1/s1. The van der Waals surface area contributed by atoms with Crippen LogP contribution in [0.1, 0.15) is 12.8 Å². The lowest BCUT2D eigenvalue weighted by Gasteiger charge is -2.23. The minimum atomic E-state index is -3.63. The van der Waals surface area contributed by atoms with Crippen LogP contribution in [0.15, 0.2) is 39.8 Å².